The van der Waals surface area contributed by atoms with E-state index < -0.39 is 35.2 Å². The zero-order valence-corrected chi connectivity index (χ0v) is 26.0. The molecule has 0 spiro atoms. The normalized spacial score (nSPS) is 16.4. The molecule has 0 radical (unpaired) electrons. The smallest absolute Gasteiger partial charge is 0.379 e. The monoisotopic (exact) mass is 678 g/mol. The van der Waals surface area contributed by atoms with Crippen molar-refractivity contribution in [3.8, 4) is 0 Å². The highest BCUT2D eigenvalue weighted by Gasteiger charge is 2.37. The fourth-order valence-corrected chi connectivity index (χ4v) is 5.63. The highest BCUT2D eigenvalue weighted by molar-refractivity contribution is 6.04. The third-order valence-corrected chi connectivity index (χ3v) is 8.12. The Morgan fingerprint density at radius 2 is 1.33 bits per heavy atom. The number of amides is 3. The molecule has 3 amide bonds. The Morgan fingerprint density at radius 3 is 1.96 bits per heavy atom. The number of anilines is 3. The molecule has 0 aliphatic carbocycles. The molecule has 0 bridgehead atoms. The van der Waals surface area contributed by atoms with Crippen molar-refractivity contribution in [2.45, 2.75) is 18.9 Å². The lowest BCUT2D eigenvalue weighted by atomic mass is 10.1. The molecule has 15 heteroatoms. The van der Waals surface area contributed by atoms with E-state index in [4.69, 9.17) is 4.74 Å². The minimum atomic E-state index is -5.07. The summed E-state index contributed by atoms with van der Waals surface area (Å²) in [7, 11) is 0. The molecule has 5 rings (SSSR count). The van der Waals surface area contributed by atoms with Crippen LogP contribution < -0.4 is 20.9 Å². The first kappa shape index (κ1) is 35.0. The van der Waals surface area contributed by atoms with Crippen LogP contribution in [0.1, 0.15) is 27.0 Å². The fraction of sp³-hybridized carbons (Fsp3) is 0.394. The van der Waals surface area contributed by atoms with Gasteiger partial charge in [-0.05, 0) is 42.0 Å². The molecular weight excluding hydrogens is 642 g/mol. The number of urea groups is 1. The summed E-state index contributed by atoms with van der Waals surface area (Å²) < 4.78 is 85.1. The molecule has 2 aliphatic rings. The Bertz CT molecular complexity index is 1520. The van der Waals surface area contributed by atoms with Crippen molar-refractivity contribution in [3.63, 3.8) is 0 Å². The number of nitrogens with zero attached hydrogens (tertiary/aromatic N) is 3. The average molecular weight is 679 g/mol. The zero-order chi connectivity index (χ0) is 34.3. The summed E-state index contributed by atoms with van der Waals surface area (Å²) in [5.41, 5.74) is -1.59. The van der Waals surface area contributed by atoms with E-state index in [1.54, 1.807) is 6.07 Å². The van der Waals surface area contributed by atoms with Crippen LogP contribution in [0.25, 0.3) is 0 Å². The Morgan fingerprint density at radius 1 is 0.708 bits per heavy atom. The molecule has 0 unspecified atom stereocenters. The molecule has 0 saturated carbocycles. The second-order valence-electron chi connectivity index (χ2n) is 11.6. The van der Waals surface area contributed by atoms with E-state index in [2.05, 4.69) is 42.8 Å². The fourth-order valence-electron chi connectivity index (χ4n) is 5.63. The van der Waals surface area contributed by atoms with E-state index in [0.717, 1.165) is 32.7 Å². The highest BCUT2D eigenvalue weighted by Crippen LogP contribution is 2.37. The summed E-state index contributed by atoms with van der Waals surface area (Å²) in [5.74, 6) is -0.387. The molecule has 258 valence electrons. The maximum absolute atomic E-state index is 13.5. The molecular formula is C33H36F6N6O3. The van der Waals surface area contributed by atoms with E-state index in [1.807, 2.05) is 18.2 Å². The van der Waals surface area contributed by atoms with E-state index in [-0.39, 0.29) is 23.2 Å². The number of piperazine rings is 1. The van der Waals surface area contributed by atoms with Crippen LogP contribution in [0.2, 0.25) is 0 Å². The first-order valence-electron chi connectivity index (χ1n) is 15.5. The zero-order valence-electron chi connectivity index (χ0n) is 26.0. The topological polar surface area (TPSA) is 89.2 Å². The average Bonchev–Trinajstić information content (AvgIpc) is 3.05. The van der Waals surface area contributed by atoms with E-state index in [1.165, 1.54) is 17.7 Å². The number of ether oxygens (including phenoxy) is 1. The van der Waals surface area contributed by atoms with Gasteiger partial charge in [-0.3, -0.25) is 14.6 Å². The van der Waals surface area contributed by atoms with Crippen LogP contribution in [0.15, 0.2) is 66.7 Å². The van der Waals surface area contributed by atoms with Crippen molar-refractivity contribution in [2.75, 3.05) is 81.1 Å². The van der Waals surface area contributed by atoms with Crippen LogP contribution in [-0.2, 0) is 23.6 Å². The molecule has 2 heterocycles. The van der Waals surface area contributed by atoms with E-state index in [9.17, 15) is 35.9 Å². The van der Waals surface area contributed by atoms with Gasteiger partial charge >= 0.3 is 18.4 Å². The van der Waals surface area contributed by atoms with E-state index in [0.29, 0.717) is 57.2 Å². The number of halogens is 6. The molecule has 0 aromatic heterocycles. The maximum Gasteiger partial charge on any atom is 0.416 e. The Kier molecular flexibility index (Phi) is 11.1. The van der Waals surface area contributed by atoms with Gasteiger partial charge in [0.25, 0.3) is 5.91 Å². The molecule has 48 heavy (non-hydrogen) atoms. The van der Waals surface area contributed by atoms with Gasteiger partial charge in [0.15, 0.2) is 0 Å². The minimum Gasteiger partial charge on any atom is -0.379 e. The Labute approximate surface area is 273 Å². The highest BCUT2D eigenvalue weighted by atomic mass is 19.4. The van der Waals surface area contributed by atoms with Crippen molar-refractivity contribution < 1.29 is 40.7 Å². The first-order chi connectivity index (χ1) is 22.8. The molecule has 2 fully saturated rings. The number of carbonyl (C=O) groups is 2. The number of carbonyl (C=O) groups excluding carboxylic acids is 2. The Hall–Kier alpha value is -4.34. The standard InChI is InChI=1S/C33H36F6N6O3/c34-32(35,36)24-18-25(33(37,38)39)20-27(19-24)42-31(47)41-26-6-7-29(28(21-26)30(46)40-8-9-43-14-16-48-17-15-43)45-12-10-44(11-13-45)22-23-4-2-1-3-5-23/h1-7,18-21H,8-17,22H2,(H,40,46)(H2,41,42,47). The van der Waals surface area contributed by atoms with Crippen LogP contribution in [0.3, 0.4) is 0 Å². The van der Waals surface area contributed by atoms with Gasteiger partial charge in [-0.15, -0.1) is 0 Å². The number of nitrogens with one attached hydrogen (secondary N) is 3. The lowest BCUT2D eigenvalue weighted by Crippen LogP contribution is -2.46. The molecule has 2 saturated heterocycles. The number of hydrogen-bond acceptors (Lipinski definition) is 6. The van der Waals surface area contributed by atoms with Crippen LogP contribution in [0.4, 0.5) is 48.2 Å². The van der Waals surface area contributed by atoms with Crippen LogP contribution in [-0.4, -0.2) is 87.3 Å². The van der Waals surface area contributed by atoms with Crippen molar-refractivity contribution in [2.24, 2.45) is 0 Å². The van der Waals surface area contributed by atoms with Gasteiger partial charge < -0.3 is 25.6 Å². The summed E-state index contributed by atoms with van der Waals surface area (Å²) in [4.78, 5) is 32.9. The van der Waals surface area contributed by atoms with Gasteiger partial charge in [0.2, 0.25) is 0 Å². The predicted octanol–water partition coefficient (Wildman–Crippen LogP) is 5.75. The summed E-state index contributed by atoms with van der Waals surface area (Å²) in [6, 6.07) is 14.5. The summed E-state index contributed by atoms with van der Waals surface area (Å²) in [6.07, 6.45) is -10.1. The second kappa shape index (κ2) is 15.3. The molecule has 3 N–H and O–H groups in total. The van der Waals surface area contributed by atoms with Gasteiger partial charge in [-0.25, -0.2) is 4.79 Å². The molecule has 0 atom stereocenters. The van der Waals surface area contributed by atoms with Gasteiger partial charge in [-0.2, -0.15) is 26.3 Å². The number of rotatable bonds is 9. The van der Waals surface area contributed by atoms with Crippen molar-refractivity contribution in [1.82, 2.24) is 15.1 Å². The number of alkyl halides is 6. The van der Waals surface area contributed by atoms with Crippen LogP contribution in [0.5, 0.6) is 0 Å². The molecule has 3 aromatic carbocycles. The number of morpholine rings is 1. The minimum absolute atomic E-state index is 0.0206. The van der Waals surface area contributed by atoms with Gasteiger partial charge in [0.1, 0.15) is 0 Å². The molecule has 3 aromatic rings. The van der Waals surface area contributed by atoms with E-state index >= 15 is 0 Å². The number of hydrogen-bond donors (Lipinski definition) is 3. The lowest BCUT2D eigenvalue weighted by molar-refractivity contribution is -0.143. The van der Waals surface area contributed by atoms with Crippen molar-refractivity contribution in [1.29, 1.82) is 0 Å². The van der Waals surface area contributed by atoms with Crippen molar-refractivity contribution in [3.05, 3.63) is 89.0 Å². The lowest BCUT2D eigenvalue weighted by Gasteiger charge is -2.37. The SMILES string of the molecule is O=C(Nc1cc(C(F)(F)F)cc(C(F)(F)F)c1)Nc1ccc(N2CCN(Cc3ccccc3)CC2)c(C(=O)NCCN2CCOCC2)c1. The van der Waals surface area contributed by atoms with Crippen LogP contribution >= 0.6 is 0 Å². The summed E-state index contributed by atoms with van der Waals surface area (Å²) >= 11 is 0. The summed E-state index contributed by atoms with van der Waals surface area (Å²) in [6.45, 7) is 7.23. The van der Waals surface area contributed by atoms with Gasteiger partial charge in [0, 0.05) is 76.0 Å². The maximum atomic E-state index is 13.5. The Balaban J connectivity index is 1.30. The van der Waals surface area contributed by atoms with Gasteiger partial charge in [-0.1, -0.05) is 30.3 Å². The van der Waals surface area contributed by atoms with Crippen LogP contribution in [0, 0.1) is 0 Å². The summed E-state index contributed by atoms with van der Waals surface area (Å²) in [5, 5.41) is 7.42. The first-order valence-corrected chi connectivity index (χ1v) is 15.5. The largest absolute Gasteiger partial charge is 0.416 e. The second-order valence-corrected chi connectivity index (χ2v) is 11.6. The predicted molar refractivity (Wildman–Crippen MR) is 169 cm³/mol. The van der Waals surface area contributed by atoms with Gasteiger partial charge in [0.05, 0.1) is 29.9 Å². The third kappa shape index (κ3) is 9.61. The number of benzene rings is 3. The third-order valence-electron chi connectivity index (χ3n) is 8.12. The quantitative estimate of drug-likeness (QED) is 0.250. The molecule has 2 aliphatic heterocycles. The van der Waals surface area contributed by atoms with Crippen molar-refractivity contribution >= 4 is 29.0 Å². The molecule has 9 nitrogen and oxygen atoms in total.